The smallest absolute Gasteiger partial charge is 0.261 e. The molecule has 0 spiro atoms. The van der Waals surface area contributed by atoms with E-state index in [0.717, 1.165) is 11.4 Å². The van der Waals surface area contributed by atoms with E-state index in [1.165, 1.54) is 17.1 Å². The maximum atomic E-state index is 12.6. The lowest BCUT2D eigenvalue weighted by Crippen LogP contribution is -2.31. The van der Waals surface area contributed by atoms with Crippen molar-refractivity contribution in [2.45, 2.75) is 0 Å². The van der Waals surface area contributed by atoms with Crippen molar-refractivity contribution in [1.82, 2.24) is 15.0 Å². The zero-order valence-electron chi connectivity index (χ0n) is 10.6. The van der Waals surface area contributed by atoms with Crippen molar-refractivity contribution < 1.29 is 4.79 Å². The third-order valence-electron chi connectivity index (χ3n) is 2.84. The maximum absolute atomic E-state index is 12.6. The van der Waals surface area contributed by atoms with Crippen LogP contribution in [0.25, 0.3) is 0 Å². The molecule has 20 heavy (non-hydrogen) atoms. The molecule has 0 N–H and O–H groups in total. The first kappa shape index (κ1) is 12.1. The van der Waals surface area contributed by atoms with Crippen molar-refractivity contribution in [3.05, 3.63) is 73.1 Å². The van der Waals surface area contributed by atoms with E-state index in [4.69, 9.17) is 0 Å². The summed E-state index contributed by atoms with van der Waals surface area (Å²) in [5.41, 5.74) is 1.55. The number of aromatic nitrogens is 3. The molecule has 5 heteroatoms. The minimum atomic E-state index is -0.278. The monoisotopic (exact) mass is 264 g/mol. The van der Waals surface area contributed by atoms with E-state index in [0.29, 0.717) is 0 Å². The lowest BCUT2D eigenvalue weighted by molar-refractivity contribution is 0.247. The number of rotatable bonds is 2. The van der Waals surface area contributed by atoms with Crippen LogP contribution in [0.5, 0.6) is 0 Å². The first-order valence-electron chi connectivity index (χ1n) is 6.17. The molecule has 0 unspecified atom stereocenters. The molecule has 1 aromatic heterocycles. The number of anilines is 2. The molecule has 0 aliphatic rings. The van der Waals surface area contributed by atoms with Crippen molar-refractivity contribution in [2.75, 3.05) is 4.90 Å². The normalized spacial score (nSPS) is 10.2. The quantitative estimate of drug-likeness (QED) is 0.714. The second-order valence-electron chi connectivity index (χ2n) is 4.14. The summed E-state index contributed by atoms with van der Waals surface area (Å²) in [6.07, 6.45) is 3.01. The van der Waals surface area contributed by atoms with Gasteiger partial charge in [-0.3, -0.25) is 4.90 Å². The summed E-state index contributed by atoms with van der Waals surface area (Å²) in [5.74, 6) is 0. The van der Waals surface area contributed by atoms with E-state index in [9.17, 15) is 4.79 Å². The summed E-state index contributed by atoms with van der Waals surface area (Å²) in [4.78, 5) is 14.2. The highest BCUT2D eigenvalue weighted by atomic mass is 16.2. The second kappa shape index (κ2) is 5.36. The van der Waals surface area contributed by atoms with Gasteiger partial charge in [0.1, 0.15) is 0 Å². The van der Waals surface area contributed by atoms with Crippen LogP contribution in [0.1, 0.15) is 0 Å². The van der Waals surface area contributed by atoms with Gasteiger partial charge in [-0.25, -0.2) is 4.79 Å². The highest BCUT2D eigenvalue weighted by molar-refractivity contribution is 6.00. The summed E-state index contributed by atoms with van der Waals surface area (Å²) < 4.78 is 1.21. The van der Waals surface area contributed by atoms with E-state index >= 15 is 0 Å². The Hall–Kier alpha value is -2.95. The van der Waals surface area contributed by atoms with Gasteiger partial charge in [0.05, 0.1) is 23.8 Å². The maximum Gasteiger partial charge on any atom is 0.355 e. The third kappa shape index (κ3) is 2.29. The fraction of sp³-hybridized carbons (Fsp3) is 0. The van der Waals surface area contributed by atoms with Crippen molar-refractivity contribution in [3.8, 4) is 0 Å². The van der Waals surface area contributed by atoms with E-state index in [2.05, 4.69) is 10.3 Å². The van der Waals surface area contributed by atoms with Crippen LogP contribution in [-0.2, 0) is 0 Å². The first-order valence-corrected chi connectivity index (χ1v) is 6.17. The highest BCUT2D eigenvalue weighted by Gasteiger charge is 2.19. The van der Waals surface area contributed by atoms with Crippen molar-refractivity contribution >= 4 is 17.4 Å². The molecule has 5 nitrogen and oxygen atoms in total. The van der Waals surface area contributed by atoms with E-state index in [1.807, 2.05) is 60.7 Å². The average Bonchev–Trinajstić information content (AvgIpc) is 3.04. The third-order valence-corrected chi connectivity index (χ3v) is 2.84. The Labute approximate surface area is 116 Å². The van der Waals surface area contributed by atoms with Gasteiger partial charge in [0.25, 0.3) is 0 Å². The van der Waals surface area contributed by atoms with Gasteiger partial charge >= 0.3 is 6.03 Å². The number of carbonyl (C=O) groups is 1. The van der Waals surface area contributed by atoms with Gasteiger partial charge in [0.15, 0.2) is 0 Å². The van der Waals surface area contributed by atoms with Gasteiger partial charge in [-0.15, -0.1) is 5.10 Å². The summed E-state index contributed by atoms with van der Waals surface area (Å²) >= 11 is 0. The van der Waals surface area contributed by atoms with Crippen LogP contribution in [0.4, 0.5) is 16.2 Å². The SMILES string of the molecule is O=C(N(c1ccccc1)c1ccccc1)n1ccnn1. The zero-order valence-corrected chi connectivity index (χ0v) is 10.6. The van der Waals surface area contributed by atoms with Crippen LogP contribution in [0.3, 0.4) is 0 Å². The van der Waals surface area contributed by atoms with Crippen molar-refractivity contribution in [2.24, 2.45) is 0 Å². The number of nitrogens with zero attached hydrogens (tertiary/aromatic N) is 4. The van der Waals surface area contributed by atoms with Crippen LogP contribution in [0.15, 0.2) is 73.1 Å². The summed E-state index contributed by atoms with van der Waals surface area (Å²) in [6.45, 7) is 0. The minimum absolute atomic E-state index is 0.278. The van der Waals surface area contributed by atoms with E-state index < -0.39 is 0 Å². The molecule has 3 aromatic rings. The molecule has 0 saturated heterocycles. The zero-order chi connectivity index (χ0) is 13.8. The van der Waals surface area contributed by atoms with E-state index in [1.54, 1.807) is 4.90 Å². The molecule has 0 bridgehead atoms. The lowest BCUT2D eigenvalue weighted by atomic mass is 10.2. The first-order chi connectivity index (χ1) is 9.86. The number of amides is 1. The van der Waals surface area contributed by atoms with Gasteiger partial charge in [-0.1, -0.05) is 41.6 Å². The Bertz CT molecular complexity index is 641. The van der Waals surface area contributed by atoms with Gasteiger partial charge < -0.3 is 0 Å². The average molecular weight is 264 g/mol. The van der Waals surface area contributed by atoms with Gasteiger partial charge in [0.2, 0.25) is 0 Å². The molecule has 2 aromatic carbocycles. The molecule has 0 fully saturated rings. The minimum Gasteiger partial charge on any atom is -0.261 e. The van der Waals surface area contributed by atoms with Crippen LogP contribution in [0.2, 0.25) is 0 Å². The number of hydrogen-bond acceptors (Lipinski definition) is 3. The topological polar surface area (TPSA) is 51.0 Å². The summed E-state index contributed by atoms with van der Waals surface area (Å²) in [7, 11) is 0. The summed E-state index contributed by atoms with van der Waals surface area (Å²) in [5, 5.41) is 7.44. The van der Waals surface area contributed by atoms with Gasteiger partial charge in [0, 0.05) is 0 Å². The molecule has 0 saturated carbocycles. The van der Waals surface area contributed by atoms with Crippen LogP contribution in [-0.4, -0.2) is 21.0 Å². The molecule has 1 heterocycles. The molecular weight excluding hydrogens is 252 g/mol. The molecule has 0 radical (unpaired) electrons. The largest absolute Gasteiger partial charge is 0.355 e. The Kier molecular flexibility index (Phi) is 3.24. The highest BCUT2D eigenvalue weighted by Crippen LogP contribution is 2.25. The van der Waals surface area contributed by atoms with Crippen molar-refractivity contribution in [1.29, 1.82) is 0 Å². The molecule has 3 rings (SSSR count). The molecular formula is C15H12N4O. The Morgan fingerprint density at radius 3 is 1.90 bits per heavy atom. The molecule has 0 atom stereocenters. The van der Waals surface area contributed by atoms with E-state index in [-0.39, 0.29) is 6.03 Å². The second-order valence-corrected chi connectivity index (χ2v) is 4.14. The van der Waals surface area contributed by atoms with Crippen LogP contribution < -0.4 is 4.90 Å². The Morgan fingerprint density at radius 2 is 1.45 bits per heavy atom. The number of hydrogen-bond donors (Lipinski definition) is 0. The van der Waals surface area contributed by atoms with Gasteiger partial charge in [-0.2, -0.15) is 4.68 Å². The number of carbonyl (C=O) groups excluding carboxylic acids is 1. The Morgan fingerprint density at radius 1 is 0.900 bits per heavy atom. The number of benzene rings is 2. The van der Waals surface area contributed by atoms with Gasteiger partial charge in [-0.05, 0) is 24.3 Å². The standard InChI is InChI=1S/C15H12N4O/c20-15(18-12-11-16-17-18)19(13-7-3-1-4-8-13)14-9-5-2-6-10-14/h1-12H. The Balaban J connectivity index is 2.07. The predicted octanol–water partition coefficient (Wildman–Crippen LogP) is 3.08. The fourth-order valence-electron chi connectivity index (χ4n) is 1.94. The molecule has 0 aliphatic carbocycles. The molecule has 1 amide bonds. The van der Waals surface area contributed by atoms with Crippen LogP contribution >= 0.6 is 0 Å². The van der Waals surface area contributed by atoms with Crippen LogP contribution in [0, 0.1) is 0 Å². The van der Waals surface area contributed by atoms with Crippen molar-refractivity contribution in [3.63, 3.8) is 0 Å². The summed E-state index contributed by atoms with van der Waals surface area (Å²) in [6, 6.07) is 18.6. The fourth-order valence-corrected chi connectivity index (χ4v) is 1.94. The molecule has 0 aliphatic heterocycles. The predicted molar refractivity (Wildman–Crippen MR) is 75.8 cm³/mol. The molecule has 98 valence electrons. The number of para-hydroxylation sites is 2. The lowest BCUT2D eigenvalue weighted by Gasteiger charge is -2.22.